The van der Waals surface area contributed by atoms with E-state index in [0.717, 1.165) is 30.4 Å². The lowest BCUT2D eigenvalue weighted by atomic mass is 9.93. The highest BCUT2D eigenvalue weighted by Crippen LogP contribution is 2.47. The molecular weight excluding hydrogens is 608 g/mol. The van der Waals surface area contributed by atoms with E-state index in [1.807, 2.05) is 60.7 Å². The number of benzene rings is 2. The normalized spacial score (nSPS) is 28.9. The Kier molecular flexibility index (Phi) is 8.91. The molecule has 1 aliphatic heterocycles. The molecule has 0 radical (unpaired) electrons. The molecular formula is C34H40N4O7S. The van der Waals surface area contributed by atoms with Crippen LogP contribution in [0.25, 0.3) is 11.1 Å². The number of amides is 4. The molecule has 0 unspecified atom stereocenters. The highest BCUT2D eigenvalue weighted by Gasteiger charge is 2.62. The molecule has 3 fully saturated rings. The van der Waals surface area contributed by atoms with Crippen LogP contribution >= 0.6 is 0 Å². The van der Waals surface area contributed by atoms with Gasteiger partial charge in [0, 0.05) is 25.1 Å². The molecule has 3 N–H and O–H groups in total. The van der Waals surface area contributed by atoms with Crippen LogP contribution < -0.4 is 15.4 Å². The van der Waals surface area contributed by atoms with Gasteiger partial charge in [-0.25, -0.2) is 13.2 Å². The molecule has 46 heavy (non-hydrogen) atoms. The number of fused-ring (bicyclic) bond motifs is 2. The first-order chi connectivity index (χ1) is 22.1. The van der Waals surface area contributed by atoms with E-state index < -0.39 is 56.7 Å². The predicted octanol–water partition coefficient (Wildman–Crippen LogP) is 3.98. The fraction of sp³-hybridized carbons (Fsp3) is 0.471. The molecule has 1 heterocycles. The number of para-hydroxylation sites is 1. The van der Waals surface area contributed by atoms with Gasteiger partial charge in [-0.2, -0.15) is 0 Å². The molecule has 0 spiro atoms. The number of carbonyl (C=O) groups excluding carboxylic acids is 4. The Labute approximate surface area is 269 Å². The summed E-state index contributed by atoms with van der Waals surface area (Å²) >= 11 is 0. The van der Waals surface area contributed by atoms with Gasteiger partial charge in [-0.15, -0.1) is 0 Å². The van der Waals surface area contributed by atoms with Crippen molar-refractivity contribution in [3.63, 3.8) is 0 Å². The van der Waals surface area contributed by atoms with Crippen molar-refractivity contribution in [2.75, 3.05) is 18.9 Å². The van der Waals surface area contributed by atoms with E-state index >= 15 is 0 Å². The number of nitrogens with zero attached hydrogens (tertiary/aromatic N) is 1. The Bertz CT molecular complexity index is 1640. The zero-order valence-electron chi connectivity index (χ0n) is 25.8. The molecule has 4 aliphatic rings. The molecule has 0 bridgehead atoms. The van der Waals surface area contributed by atoms with Crippen LogP contribution in [0.15, 0.2) is 66.7 Å². The maximum absolute atomic E-state index is 13.9. The number of sulfonamides is 1. The monoisotopic (exact) mass is 648 g/mol. The molecule has 3 saturated carbocycles. The van der Waals surface area contributed by atoms with Gasteiger partial charge in [0.05, 0.1) is 22.8 Å². The number of hydrogen-bond donors (Lipinski definition) is 3. The zero-order chi connectivity index (χ0) is 32.5. The first-order valence-electron chi connectivity index (χ1n) is 16.0. The molecule has 3 aliphatic carbocycles. The van der Waals surface area contributed by atoms with Gasteiger partial charge >= 0.3 is 6.09 Å². The minimum Gasteiger partial charge on any atom is -0.446 e. The molecule has 12 heteroatoms. The van der Waals surface area contributed by atoms with Gasteiger partial charge in [0.2, 0.25) is 21.8 Å². The second-order valence-corrected chi connectivity index (χ2v) is 14.8. The molecule has 4 amide bonds. The lowest BCUT2D eigenvalue weighted by Gasteiger charge is -2.26. The third-order valence-corrected chi connectivity index (χ3v) is 11.3. The summed E-state index contributed by atoms with van der Waals surface area (Å²) in [7, 11) is -2.13. The predicted molar refractivity (Wildman–Crippen MR) is 172 cm³/mol. The first kappa shape index (κ1) is 31.8. The number of ether oxygens (including phenoxy) is 1. The van der Waals surface area contributed by atoms with Crippen molar-refractivity contribution in [3.8, 4) is 11.1 Å². The summed E-state index contributed by atoms with van der Waals surface area (Å²) in [5, 5.41) is 5.08. The second kappa shape index (κ2) is 12.9. The molecule has 5 atom stereocenters. The van der Waals surface area contributed by atoms with E-state index in [9.17, 15) is 27.6 Å². The van der Waals surface area contributed by atoms with Gasteiger partial charge in [-0.05, 0) is 63.0 Å². The van der Waals surface area contributed by atoms with Gasteiger partial charge in [-0.1, -0.05) is 60.7 Å². The molecule has 0 saturated heterocycles. The number of nitrogens with one attached hydrogen (secondary N) is 3. The molecule has 0 aromatic heterocycles. The Balaban J connectivity index is 1.20. The minimum absolute atomic E-state index is 0.0857. The molecule has 11 nitrogen and oxygen atoms in total. The van der Waals surface area contributed by atoms with Crippen molar-refractivity contribution in [1.29, 1.82) is 0 Å². The average molecular weight is 649 g/mol. The summed E-state index contributed by atoms with van der Waals surface area (Å²) in [4.78, 5) is 55.8. The van der Waals surface area contributed by atoms with Crippen LogP contribution in [0.1, 0.15) is 51.4 Å². The quantitative estimate of drug-likeness (QED) is 0.401. The SMILES string of the molecule is CN1CCCC/C=C/[C@@H]2C[C@@]2(C(=O)NS(=O)(=O)C2CC2)NC(=O)[C@@H]2C[C@@H](OC(=O)Nc3ccccc3-c3ccccc3)C[C@H]2C1=O. The number of allylic oxidation sites excluding steroid dienone is 1. The van der Waals surface area contributed by atoms with Crippen LogP contribution in [0.5, 0.6) is 0 Å². The maximum Gasteiger partial charge on any atom is 0.411 e. The fourth-order valence-corrected chi connectivity index (χ4v) is 8.01. The van der Waals surface area contributed by atoms with Crippen LogP contribution in [-0.2, 0) is 29.1 Å². The molecule has 2 aromatic rings. The fourth-order valence-electron chi connectivity index (χ4n) is 6.64. The van der Waals surface area contributed by atoms with Crippen LogP contribution in [0.2, 0.25) is 0 Å². The van der Waals surface area contributed by atoms with E-state index in [4.69, 9.17) is 4.74 Å². The third-order valence-electron chi connectivity index (χ3n) is 9.52. The Morgan fingerprint density at radius 3 is 2.46 bits per heavy atom. The van der Waals surface area contributed by atoms with E-state index in [-0.39, 0.29) is 31.1 Å². The number of hydrogen-bond acceptors (Lipinski definition) is 7. The summed E-state index contributed by atoms with van der Waals surface area (Å²) in [6.07, 6.45) is 6.20. The van der Waals surface area contributed by atoms with Gasteiger partial charge in [-0.3, -0.25) is 24.4 Å². The maximum atomic E-state index is 13.9. The summed E-state index contributed by atoms with van der Waals surface area (Å²) in [6, 6.07) is 17.0. The Hall–Kier alpha value is -4.19. The highest BCUT2D eigenvalue weighted by atomic mass is 32.2. The molecule has 244 valence electrons. The van der Waals surface area contributed by atoms with Crippen LogP contribution in [0, 0.1) is 17.8 Å². The van der Waals surface area contributed by atoms with Gasteiger partial charge in [0.1, 0.15) is 11.6 Å². The summed E-state index contributed by atoms with van der Waals surface area (Å²) in [5.74, 6) is -3.52. The number of rotatable bonds is 6. The van der Waals surface area contributed by atoms with Crippen molar-refractivity contribution in [2.45, 2.75) is 68.3 Å². The largest absolute Gasteiger partial charge is 0.446 e. The van der Waals surface area contributed by atoms with Crippen LogP contribution in [-0.4, -0.2) is 67.6 Å². The lowest BCUT2D eigenvalue weighted by Crippen LogP contribution is -2.54. The van der Waals surface area contributed by atoms with Gasteiger partial charge in [0.15, 0.2) is 0 Å². The average Bonchev–Trinajstić information content (AvgIpc) is 3.96. The summed E-state index contributed by atoms with van der Waals surface area (Å²) in [6.45, 7) is 0.522. The highest BCUT2D eigenvalue weighted by molar-refractivity contribution is 7.91. The standard InChI is InChI=1S/C34H40N4O7S/c1-38-18-10-3-2-7-13-23-21-34(23,32(41)37-46(43,44)25-16-17-25)36-30(39)27-19-24(20-28(27)31(38)40)45-33(42)35-29-15-9-8-14-26(29)22-11-5-4-6-12-22/h4-9,11-15,23-25,27-28H,2-3,10,16-21H2,1H3,(H,35,42)(H,36,39)(H,37,41)/b13-7+/t23-,24-,27-,28-,34-/m1/s1. The summed E-state index contributed by atoms with van der Waals surface area (Å²) < 4.78 is 33.3. The molecule has 2 aromatic carbocycles. The second-order valence-electron chi connectivity index (χ2n) is 12.9. The Morgan fingerprint density at radius 1 is 0.978 bits per heavy atom. The Morgan fingerprint density at radius 2 is 1.70 bits per heavy atom. The van der Waals surface area contributed by atoms with E-state index in [1.54, 1.807) is 18.0 Å². The third kappa shape index (κ3) is 6.81. The van der Waals surface area contributed by atoms with Crippen LogP contribution in [0.3, 0.4) is 0 Å². The van der Waals surface area contributed by atoms with E-state index in [1.165, 1.54) is 0 Å². The summed E-state index contributed by atoms with van der Waals surface area (Å²) in [5.41, 5.74) is 0.878. The molecule has 6 rings (SSSR count). The van der Waals surface area contributed by atoms with Crippen LogP contribution in [0.4, 0.5) is 10.5 Å². The number of carbonyl (C=O) groups is 4. The lowest BCUT2D eigenvalue weighted by molar-refractivity contribution is -0.140. The first-order valence-corrected chi connectivity index (χ1v) is 17.5. The van der Waals surface area contributed by atoms with E-state index in [2.05, 4.69) is 15.4 Å². The van der Waals surface area contributed by atoms with Crippen molar-refractivity contribution in [3.05, 3.63) is 66.7 Å². The van der Waals surface area contributed by atoms with E-state index in [0.29, 0.717) is 25.1 Å². The van der Waals surface area contributed by atoms with Crippen molar-refractivity contribution in [1.82, 2.24) is 14.9 Å². The van der Waals surface area contributed by atoms with Gasteiger partial charge < -0.3 is 15.0 Å². The van der Waals surface area contributed by atoms with Crippen molar-refractivity contribution >= 4 is 39.5 Å². The topological polar surface area (TPSA) is 151 Å². The number of anilines is 1. The minimum atomic E-state index is -3.83. The van der Waals surface area contributed by atoms with Gasteiger partial charge in [0.25, 0.3) is 5.91 Å². The van der Waals surface area contributed by atoms with Crippen molar-refractivity contribution in [2.24, 2.45) is 17.8 Å². The smallest absolute Gasteiger partial charge is 0.411 e. The zero-order valence-corrected chi connectivity index (χ0v) is 26.6. The van der Waals surface area contributed by atoms with Crippen molar-refractivity contribution < 1.29 is 32.3 Å².